The van der Waals surface area contributed by atoms with E-state index in [4.69, 9.17) is 4.74 Å². The molecule has 12 nitrogen and oxygen atoms in total. The molecule has 1 N–H and O–H groups in total. The molecule has 67 heavy (non-hydrogen) atoms. The van der Waals surface area contributed by atoms with Gasteiger partial charge in [-0.1, -0.05) is 82.1 Å². The molecule has 0 bridgehead atoms. The van der Waals surface area contributed by atoms with Crippen molar-refractivity contribution in [3.63, 3.8) is 0 Å². The molecule has 0 aliphatic rings. The Morgan fingerprint density at radius 2 is 1.12 bits per heavy atom. The minimum absolute atomic E-state index is 0.0111. The number of rotatable bonds is 15. The highest BCUT2D eigenvalue weighted by atomic mass is 79.9. The SMILES string of the molecule is CCS(=O)(=O)CC(=O)c1c(-c2ccc[nH]c2=O)c2cc(Br)ccc2n1Cc1ccccc1F.CCS(=O)(=O)CC(=O)c1c(-c2cccnc2OC)c2cc(Br)ccc2n1Cc1ccccc1F. The molecule has 0 radical (unpaired) electrons. The number of halogens is 4. The number of Topliss-reactive ketones (excluding diaryl/α,β-unsaturated/α-hetero) is 2. The van der Waals surface area contributed by atoms with Crippen molar-refractivity contribution in [3.05, 3.63) is 175 Å². The molecule has 0 saturated heterocycles. The topological polar surface area (TPSA) is 167 Å². The quantitative estimate of drug-likeness (QED) is 0.0984. The maximum absolute atomic E-state index is 14.6. The number of hydrogen-bond acceptors (Lipinski definition) is 9. The molecular weight excluding hydrogens is 1030 g/mol. The second-order valence-corrected chi connectivity index (χ2v) is 21.8. The third-order valence-corrected chi connectivity index (χ3v) is 15.2. The molecule has 346 valence electrons. The summed E-state index contributed by atoms with van der Waals surface area (Å²) in [7, 11) is -5.79. The van der Waals surface area contributed by atoms with Crippen LogP contribution in [0.2, 0.25) is 0 Å². The number of aromatic nitrogens is 4. The van der Waals surface area contributed by atoms with E-state index in [1.54, 1.807) is 94.2 Å². The standard InChI is InChI=1S/C25H22BrFN2O4S.C24H20BrFN2O4S/c1-3-34(31,32)15-22(30)24-23(18-8-6-12-28-25(18)33-2)19-13-17(26)10-11-21(19)29(24)14-16-7-4-5-9-20(16)27;1-2-33(31,32)14-21(29)23-22(17-7-5-11-27-24(17)30)18-12-16(25)9-10-20(18)28(23)13-15-6-3-4-8-19(15)26/h4-13H,3,14-15H2,1-2H3;3-12H,2,13-14H2,1H3,(H,27,30). The van der Waals surface area contributed by atoms with Crippen molar-refractivity contribution < 1.29 is 39.9 Å². The molecule has 0 unspecified atom stereocenters. The predicted molar refractivity (Wildman–Crippen MR) is 263 cm³/mol. The molecule has 0 amide bonds. The number of carbonyl (C=O) groups excluding carboxylic acids is 2. The number of hydrogen-bond donors (Lipinski definition) is 1. The zero-order valence-corrected chi connectivity index (χ0v) is 41.0. The van der Waals surface area contributed by atoms with Gasteiger partial charge in [-0.25, -0.2) is 30.6 Å². The lowest BCUT2D eigenvalue weighted by Gasteiger charge is -2.13. The van der Waals surface area contributed by atoms with E-state index in [0.29, 0.717) is 60.0 Å². The number of H-pyrrole nitrogens is 1. The third-order valence-electron chi connectivity index (χ3n) is 11.1. The molecule has 18 heteroatoms. The molecule has 8 rings (SSSR count). The van der Waals surface area contributed by atoms with Gasteiger partial charge in [-0.3, -0.25) is 14.4 Å². The molecule has 8 aromatic rings. The minimum atomic E-state index is -3.65. The second-order valence-electron chi connectivity index (χ2n) is 15.3. The molecule has 4 heterocycles. The number of ether oxygens (including phenoxy) is 1. The minimum Gasteiger partial charge on any atom is -0.481 e. The lowest BCUT2D eigenvalue weighted by molar-refractivity contribution is 0.100. The molecule has 0 aliphatic heterocycles. The monoisotopic (exact) mass is 1070 g/mol. The number of pyridine rings is 2. The van der Waals surface area contributed by atoms with Crippen molar-refractivity contribution in [2.75, 3.05) is 30.1 Å². The number of ketones is 2. The Morgan fingerprint density at radius 3 is 1.57 bits per heavy atom. The molecule has 4 aromatic carbocycles. The summed E-state index contributed by atoms with van der Waals surface area (Å²) in [6.45, 7) is 3.00. The number of nitrogens with zero attached hydrogens (tertiary/aromatic N) is 3. The van der Waals surface area contributed by atoms with Gasteiger partial charge in [-0.2, -0.15) is 0 Å². The van der Waals surface area contributed by atoms with Gasteiger partial charge in [0, 0.05) is 88.0 Å². The average molecular weight is 1080 g/mol. The summed E-state index contributed by atoms with van der Waals surface area (Å²) in [5.41, 5.74) is 3.33. The fourth-order valence-corrected chi connectivity index (χ4v) is 10.0. The highest BCUT2D eigenvalue weighted by molar-refractivity contribution is 9.10. The molecule has 0 aliphatic carbocycles. The molecule has 0 saturated carbocycles. The van der Waals surface area contributed by atoms with Crippen LogP contribution in [0.3, 0.4) is 0 Å². The third kappa shape index (κ3) is 10.6. The smallest absolute Gasteiger partial charge is 0.255 e. The number of fused-ring (bicyclic) bond motifs is 2. The van der Waals surface area contributed by atoms with Crippen LogP contribution in [0.1, 0.15) is 46.0 Å². The summed E-state index contributed by atoms with van der Waals surface area (Å²) in [6, 6.07) is 29.9. The van der Waals surface area contributed by atoms with E-state index >= 15 is 0 Å². The Bertz CT molecular complexity index is 3500. The number of nitrogens with one attached hydrogen (secondary N) is 1. The molecular formula is C49H42Br2F2N4O8S2. The van der Waals surface area contributed by atoms with Crippen LogP contribution in [-0.4, -0.2) is 77.6 Å². The van der Waals surface area contributed by atoms with E-state index in [-0.39, 0.29) is 41.5 Å². The van der Waals surface area contributed by atoms with Gasteiger partial charge in [-0.15, -0.1) is 0 Å². The van der Waals surface area contributed by atoms with Gasteiger partial charge >= 0.3 is 0 Å². The number of sulfone groups is 2. The summed E-state index contributed by atoms with van der Waals surface area (Å²) < 4.78 is 88.8. The van der Waals surface area contributed by atoms with E-state index in [9.17, 15) is 40.0 Å². The molecule has 4 aromatic heterocycles. The van der Waals surface area contributed by atoms with Crippen molar-refractivity contribution in [1.82, 2.24) is 19.1 Å². The largest absolute Gasteiger partial charge is 0.481 e. The fourth-order valence-electron chi connectivity index (χ4n) is 7.80. The first-order chi connectivity index (χ1) is 32.0. The first kappa shape index (κ1) is 48.8. The van der Waals surface area contributed by atoms with Crippen molar-refractivity contribution in [2.45, 2.75) is 26.9 Å². The van der Waals surface area contributed by atoms with E-state index in [2.05, 4.69) is 41.8 Å². The first-order valence-corrected chi connectivity index (χ1v) is 25.9. The van der Waals surface area contributed by atoms with Crippen molar-refractivity contribution in [3.8, 4) is 28.1 Å². The predicted octanol–water partition coefficient (Wildman–Crippen LogP) is 9.84. The maximum Gasteiger partial charge on any atom is 0.255 e. The first-order valence-electron chi connectivity index (χ1n) is 20.7. The number of methoxy groups -OCH3 is 1. The Morgan fingerprint density at radius 1 is 0.657 bits per heavy atom. The summed E-state index contributed by atoms with van der Waals surface area (Å²) in [5.74, 6) is -3.53. The highest BCUT2D eigenvalue weighted by Crippen LogP contribution is 2.41. The van der Waals surface area contributed by atoms with Crippen molar-refractivity contribution in [1.29, 1.82) is 0 Å². The van der Waals surface area contributed by atoms with Gasteiger partial charge in [0.2, 0.25) is 5.88 Å². The van der Waals surface area contributed by atoms with Crippen LogP contribution in [0.15, 0.2) is 135 Å². The van der Waals surface area contributed by atoms with E-state index in [1.165, 1.54) is 39.3 Å². The summed E-state index contributed by atoms with van der Waals surface area (Å²) in [4.78, 5) is 46.6. The van der Waals surface area contributed by atoms with Crippen LogP contribution in [-0.2, 0) is 32.8 Å². The number of carbonyl (C=O) groups is 2. The Hall–Kier alpha value is -6.08. The second kappa shape index (κ2) is 20.4. The molecule has 0 fully saturated rings. The summed E-state index contributed by atoms with van der Waals surface area (Å²) in [5, 5.41) is 1.27. The van der Waals surface area contributed by atoms with Crippen LogP contribution in [0, 0.1) is 11.6 Å². The van der Waals surface area contributed by atoms with E-state index < -0.39 is 59.9 Å². The average Bonchev–Trinajstić information content (AvgIpc) is 3.79. The van der Waals surface area contributed by atoms with Gasteiger partial charge in [-0.05, 0) is 72.8 Å². The number of benzene rings is 4. The Labute approximate surface area is 401 Å². The molecule has 0 spiro atoms. The maximum atomic E-state index is 14.6. The van der Waals surface area contributed by atoms with Gasteiger partial charge in [0.1, 0.15) is 23.1 Å². The lowest BCUT2D eigenvalue weighted by atomic mass is 10.0. The van der Waals surface area contributed by atoms with Crippen LogP contribution in [0.25, 0.3) is 44.1 Å². The van der Waals surface area contributed by atoms with Crippen molar-refractivity contribution >= 4 is 84.9 Å². The summed E-state index contributed by atoms with van der Waals surface area (Å²) in [6.07, 6.45) is 3.04. The fraction of sp³-hybridized carbons (Fsp3) is 0.184. The van der Waals surface area contributed by atoms with Gasteiger partial charge < -0.3 is 18.9 Å². The van der Waals surface area contributed by atoms with Gasteiger partial charge in [0.25, 0.3) is 5.56 Å². The van der Waals surface area contributed by atoms with Crippen molar-refractivity contribution in [2.24, 2.45) is 0 Å². The Kier molecular flexibility index (Phi) is 14.9. The van der Waals surface area contributed by atoms with Gasteiger partial charge in [0.15, 0.2) is 31.2 Å². The summed E-state index contributed by atoms with van der Waals surface area (Å²) >= 11 is 6.92. The van der Waals surface area contributed by atoms with E-state index in [1.807, 2.05) is 18.2 Å². The van der Waals surface area contributed by atoms with Crippen LogP contribution >= 0.6 is 31.9 Å². The van der Waals surface area contributed by atoms with Crippen LogP contribution in [0.4, 0.5) is 8.78 Å². The highest BCUT2D eigenvalue weighted by Gasteiger charge is 2.31. The number of aromatic amines is 1. The van der Waals surface area contributed by atoms with Gasteiger partial charge in [0.05, 0.1) is 31.6 Å². The van der Waals surface area contributed by atoms with E-state index in [0.717, 1.165) is 4.47 Å². The Balaban J connectivity index is 0.000000199. The normalized spacial score (nSPS) is 11.7. The molecule has 0 atom stereocenters. The zero-order chi connectivity index (χ0) is 48.2. The lowest BCUT2D eigenvalue weighted by Crippen LogP contribution is -2.22. The zero-order valence-electron chi connectivity index (χ0n) is 36.2. The van der Waals surface area contributed by atoms with Crippen LogP contribution < -0.4 is 10.3 Å². The van der Waals surface area contributed by atoms with Crippen LogP contribution in [0.5, 0.6) is 5.88 Å².